The van der Waals surface area contributed by atoms with Gasteiger partial charge in [0, 0.05) is 5.92 Å². The average Bonchev–Trinajstić information content (AvgIpc) is 2.48. The normalized spacial score (nSPS) is 12.0. The highest BCUT2D eigenvalue weighted by Gasteiger charge is 2.08. The maximum atomic E-state index is 11.2. The Bertz CT molecular complexity index is 476. The van der Waals surface area contributed by atoms with E-state index < -0.39 is 0 Å². The molecule has 0 radical (unpaired) electrons. The maximum absolute atomic E-state index is 11.2. The molecule has 0 aliphatic heterocycles. The van der Waals surface area contributed by atoms with Crippen molar-refractivity contribution in [2.75, 3.05) is 0 Å². The molecule has 1 nitrogen and oxygen atoms in total. The van der Waals surface area contributed by atoms with Gasteiger partial charge in [0.25, 0.3) is 0 Å². The smallest absolute Gasteiger partial charge is 0.123 e. The minimum absolute atomic E-state index is 0.145. The van der Waals surface area contributed by atoms with E-state index in [-0.39, 0.29) is 5.92 Å². The summed E-state index contributed by atoms with van der Waals surface area (Å²) in [4.78, 5) is 11.2. The molecule has 0 aliphatic rings. The van der Waals surface area contributed by atoms with E-state index in [1.54, 1.807) is 0 Å². The Morgan fingerprint density at radius 1 is 0.842 bits per heavy atom. The molecule has 0 N–H and O–H groups in total. The quantitative estimate of drug-likeness (QED) is 0.679. The molecule has 2 rings (SSSR count). The van der Waals surface area contributed by atoms with E-state index in [0.717, 1.165) is 32.0 Å². The molecule has 98 valence electrons. The largest absolute Gasteiger partial charge is 0.303 e. The molecule has 0 saturated carbocycles. The highest BCUT2D eigenvalue weighted by molar-refractivity contribution is 5.54. The van der Waals surface area contributed by atoms with E-state index in [2.05, 4.69) is 36.4 Å². The third-order valence-electron chi connectivity index (χ3n) is 3.42. The lowest BCUT2D eigenvalue weighted by atomic mass is 9.94. The van der Waals surface area contributed by atoms with Crippen LogP contribution in [0.3, 0.4) is 0 Å². The van der Waals surface area contributed by atoms with Gasteiger partial charge in [0.1, 0.15) is 6.29 Å². The molecule has 19 heavy (non-hydrogen) atoms. The summed E-state index contributed by atoms with van der Waals surface area (Å²) < 4.78 is 0. The minimum atomic E-state index is 0.145. The number of rotatable bonds is 7. The van der Waals surface area contributed by atoms with Crippen LogP contribution in [0.4, 0.5) is 0 Å². The fourth-order valence-corrected chi connectivity index (χ4v) is 2.35. The second-order valence-corrected chi connectivity index (χ2v) is 4.96. The maximum Gasteiger partial charge on any atom is 0.123 e. The standard InChI is InChI=1S/C18H20O/c19-15-18(14-17-10-5-2-6-11-17)13-7-12-16-8-3-1-4-9-16/h1-6,8-11,15,18H,7,12-14H2. The Morgan fingerprint density at radius 3 is 2.00 bits per heavy atom. The zero-order valence-corrected chi connectivity index (χ0v) is 11.2. The zero-order valence-electron chi connectivity index (χ0n) is 11.2. The Kier molecular flexibility index (Phi) is 5.36. The first-order valence-electron chi connectivity index (χ1n) is 6.91. The molecule has 0 heterocycles. The highest BCUT2D eigenvalue weighted by atomic mass is 16.1. The van der Waals surface area contributed by atoms with Gasteiger partial charge in [-0.25, -0.2) is 0 Å². The second-order valence-electron chi connectivity index (χ2n) is 4.96. The lowest BCUT2D eigenvalue weighted by molar-refractivity contribution is -0.111. The summed E-state index contributed by atoms with van der Waals surface area (Å²) in [5.41, 5.74) is 2.60. The molecule has 0 fully saturated rings. The Balaban J connectivity index is 1.78. The van der Waals surface area contributed by atoms with E-state index in [9.17, 15) is 4.79 Å². The molecule has 0 saturated heterocycles. The molecule has 2 aromatic carbocycles. The molecular formula is C18H20O. The lowest BCUT2D eigenvalue weighted by Crippen LogP contribution is -2.06. The third-order valence-corrected chi connectivity index (χ3v) is 3.42. The van der Waals surface area contributed by atoms with Crippen molar-refractivity contribution in [2.24, 2.45) is 5.92 Å². The van der Waals surface area contributed by atoms with Crippen molar-refractivity contribution in [3.63, 3.8) is 0 Å². The summed E-state index contributed by atoms with van der Waals surface area (Å²) in [6.45, 7) is 0. The molecule has 0 amide bonds. The number of carbonyl (C=O) groups excluding carboxylic acids is 1. The van der Waals surface area contributed by atoms with Crippen molar-refractivity contribution >= 4 is 6.29 Å². The molecule has 0 aromatic heterocycles. The van der Waals surface area contributed by atoms with Crippen LogP contribution in [-0.2, 0) is 17.6 Å². The molecule has 1 heteroatoms. The average molecular weight is 252 g/mol. The molecule has 1 atom stereocenters. The van der Waals surface area contributed by atoms with Crippen LogP contribution >= 0.6 is 0 Å². The minimum Gasteiger partial charge on any atom is -0.303 e. The van der Waals surface area contributed by atoms with Crippen LogP contribution in [0.15, 0.2) is 60.7 Å². The van der Waals surface area contributed by atoms with Crippen LogP contribution in [0.25, 0.3) is 0 Å². The van der Waals surface area contributed by atoms with Crippen molar-refractivity contribution < 1.29 is 4.79 Å². The van der Waals surface area contributed by atoms with Crippen LogP contribution in [0.1, 0.15) is 24.0 Å². The summed E-state index contributed by atoms with van der Waals surface area (Å²) in [7, 11) is 0. The van der Waals surface area contributed by atoms with Gasteiger partial charge in [-0.15, -0.1) is 0 Å². The number of hydrogen-bond donors (Lipinski definition) is 0. The van der Waals surface area contributed by atoms with E-state index >= 15 is 0 Å². The van der Waals surface area contributed by atoms with Gasteiger partial charge in [0.15, 0.2) is 0 Å². The van der Waals surface area contributed by atoms with Crippen LogP contribution in [0, 0.1) is 5.92 Å². The Labute approximate surface area is 115 Å². The monoisotopic (exact) mass is 252 g/mol. The molecule has 0 aliphatic carbocycles. The summed E-state index contributed by atoms with van der Waals surface area (Å²) in [6, 6.07) is 20.7. The van der Waals surface area contributed by atoms with Gasteiger partial charge >= 0.3 is 0 Å². The number of aldehydes is 1. The van der Waals surface area contributed by atoms with Crippen LogP contribution < -0.4 is 0 Å². The van der Waals surface area contributed by atoms with Gasteiger partial charge < -0.3 is 4.79 Å². The number of aryl methyl sites for hydroxylation is 1. The fourth-order valence-electron chi connectivity index (χ4n) is 2.35. The van der Waals surface area contributed by atoms with Crippen molar-refractivity contribution in [3.05, 3.63) is 71.8 Å². The number of benzene rings is 2. The van der Waals surface area contributed by atoms with Crippen molar-refractivity contribution in [1.82, 2.24) is 0 Å². The lowest BCUT2D eigenvalue weighted by Gasteiger charge is -2.10. The van der Waals surface area contributed by atoms with E-state index in [4.69, 9.17) is 0 Å². The Hall–Kier alpha value is -1.89. The first kappa shape index (κ1) is 13.5. The van der Waals surface area contributed by atoms with Crippen molar-refractivity contribution in [1.29, 1.82) is 0 Å². The summed E-state index contributed by atoms with van der Waals surface area (Å²) in [5.74, 6) is 0.145. The van der Waals surface area contributed by atoms with Crippen molar-refractivity contribution in [3.8, 4) is 0 Å². The SMILES string of the molecule is O=CC(CCCc1ccccc1)Cc1ccccc1. The van der Waals surface area contributed by atoms with E-state index in [1.807, 2.05) is 24.3 Å². The molecule has 2 aromatic rings. The Morgan fingerprint density at radius 2 is 1.42 bits per heavy atom. The fraction of sp³-hybridized carbons (Fsp3) is 0.278. The van der Waals surface area contributed by atoms with Crippen LogP contribution in [0.5, 0.6) is 0 Å². The second kappa shape index (κ2) is 7.52. The molecule has 0 spiro atoms. The van der Waals surface area contributed by atoms with Gasteiger partial charge in [0.2, 0.25) is 0 Å². The van der Waals surface area contributed by atoms with Gasteiger partial charge in [-0.1, -0.05) is 60.7 Å². The first-order chi connectivity index (χ1) is 9.38. The first-order valence-corrected chi connectivity index (χ1v) is 6.91. The summed E-state index contributed by atoms with van der Waals surface area (Å²) >= 11 is 0. The van der Waals surface area contributed by atoms with Crippen LogP contribution in [0.2, 0.25) is 0 Å². The molecule has 0 bridgehead atoms. The predicted octanol–water partition coefficient (Wildman–Crippen LogP) is 4.07. The zero-order chi connectivity index (χ0) is 13.3. The number of carbonyl (C=O) groups is 1. The predicted molar refractivity (Wildman–Crippen MR) is 79.1 cm³/mol. The summed E-state index contributed by atoms with van der Waals surface area (Å²) in [6.07, 6.45) is 5.06. The van der Waals surface area contributed by atoms with Crippen LogP contribution in [-0.4, -0.2) is 6.29 Å². The summed E-state index contributed by atoms with van der Waals surface area (Å²) in [5, 5.41) is 0. The third kappa shape index (κ3) is 4.70. The number of hydrogen-bond acceptors (Lipinski definition) is 1. The van der Waals surface area contributed by atoms with Crippen molar-refractivity contribution in [2.45, 2.75) is 25.7 Å². The van der Waals surface area contributed by atoms with Gasteiger partial charge in [-0.2, -0.15) is 0 Å². The van der Waals surface area contributed by atoms with E-state index in [1.165, 1.54) is 11.1 Å². The molecule has 1 unspecified atom stereocenters. The molecular weight excluding hydrogens is 232 g/mol. The van der Waals surface area contributed by atoms with Gasteiger partial charge in [-0.05, 0) is 36.8 Å². The van der Waals surface area contributed by atoms with Gasteiger partial charge in [-0.3, -0.25) is 0 Å². The topological polar surface area (TPSA) is 17.1 Å². The van der Waals surface area contributed by atoms with Gasteiger partial charge in [0.05, 0.1) is 0 Å². The highest BCUT2D eigenvalue weighted by Crippen LogP contribution is 2.14. The van der Waals surface area contributed by atoms with E-state index in [0.29, 0.717) is 0 Å².